The van der Waals surface area contributed by atoms with Gasteiger partial charge in [0.15, 0.2) is 0 Å². The summed E-state index contributed by atoms with van der Waals surface area (Å²) in [6, 6.07) is 12.6. The van der Waals surface area contributed by atoms with Gasteiger partial charge in [0, 0.05) is 23.4 Å². The Morgan fingerprint density at radius 1 is 1.14 bits per heavy atom. The van der Waals surface area contributed by atoms with E-state index in [0.717, 1.165) is 29.5 Å². The quantitative estimate of drug-likeness (QED) is 0.830. The molecule has 0 radical (unpaired) electrons. The molecular formula is C15H16N2O3S. The normalized spacial score (nSPS) is 11.1. The van der Waals surface area contributed by atoms with Gasteiger partial charge in [-0.25, -0.2) is 8.42 Å². The summed E-state index contributed by atoms with van der Waals surface area (Å²) in [6.45, 7) is 0. The minimum Gasteiger partial charge on any atom is -0.303 e. The van der Waals surface area contributed by atoms with Gasteiger partial charge < -0.3 is 4.79 Å². The number of hydrogen-bond donors (Lipinski definition) is 1. The molecule has 0 aliphatic rings. The highest BCUT2D eigenvalue weighted by Gasteiger charge is 2.04. The highest BCUT2D eigenvalue weighted by molar-refractivity contribution is 7.92. The number of nitrogens with zero attached hydrogens (tertiary/aromatic N) is 1. The molecule has 0 saturated heterocycles. The molecule has 0 bridgehead atoms. The van der Waals surface area contributed by atoms with Crippen LogP contribution in [0.3, 0.4) is 0 Å². The molecule has 1 aromatic heterocycles. The van der Waals surface area contributed by atoms with Crippen molar-refractivity contribution in [3.63, 3.8) is 0 Å². The van der Waals surface area contributed by atoms with Crippen LogP contribution in [-0.2, 0) is 21.2 Å². The van der Waals surface area contributed by atoms with Crippen LogP contribution < -0.4 is 4.72 Å². The molecule has 0 atom stereocenters. The fourth-order valence-electron chi connectivity index (χ4n) is 1.91. The summed E-state index contributed by atoms with van der Waals surface area (Å²) in [7, 11) is -3.27. The van der Waals surface area contributed by atoms with Crippen molar-refractivity contribution >= 4 is 22.0 Å². The fraction of sp³-hybridized carbons (Fsp3) is 0.200. The molecule has 0 saturated carbocycles. The number of aryl methyl sites for hydroxylation is 1. The molecule has 5 nitrogen and oxygen atoms in total. The standard InChI is InChI=1S/C15H16N2O3S/c1-21(19,20)17-14-9-7-12(8-10-14)15-6-2-4-13(16-15)5-3-11-18/h2,4,6-11,17H,3,5H2,1H3. The van der Waals surface area contributed by atoms with Crippen LogP contribution >= 0.6 is 0 Å². The van der Waals surface area contributed by atoms with Crippen LogP contribution in [0.25, 0.3) is 11.3 Å². The van der Waals surface area contributed by atoms with Gasteiger partial charge in [0.1, 0.15) is 6.29 Å². The SMILES string of the molecule is CS(=O)(=O)Nc1ccc(-c2cccc(CCC=O)n2)cc1. The van der Waals surface area contributed by atoms with Crippen molar-refractivity contribution in [2.75, 3.05) is 11.0 Å². The van der Waals surface area contributed by atoms with Gasteiger partial charge in [0.25, 0.3) is 0 Å². The van der Waals surface area contributed by atoms with Gasteiger partial charge in [0.05, 0.1) is 11.9 Å². The highest BCUT2D eigenvalue weighted by Crippen LogP contribution is 2.20. The van der Waals surface area contributed by atoms with Gasteiger partial charge >= 0.3 is 0 Å². The summed E-state index contributed by atoms with van der Waals surface area (Å²) in [4.78, 5) is 14.9. The third-order valence-corrected chi connectivity index (χ3v) is 3.42. The maximum Gasteiger partial charge on any atom is 0.229 e. The first kappa shape index (κ1) is 15.2. The second-order valence-corrected chi connectivity index (χ2v) is 6.42. The average molecular weight is 304 g/mol. The molecule has 0 amide bonds. The minimum absolute atomic E-state index is 0.452. The lowest BCUT2D eigenvalue weighted by Crippen LogP contribution is -2.09. The van der Waals surface area contributed by atoms with E-state index in [9.17, 15) is 13.2 Å². The molecule has 0 aliphatic heterocycles. The van der Waals surface area contributed by atoms with E-state index in [-0.39, 0.29) is 0 Å². The van der Waals surface area contributed by atoms with Crippen molar-refractivity contribution in [2.45, 2.75) is 12.8 Å². The predicted molar refractivity (Wildman–Crippen MR) is 82.5 cm³/mol. The summed E-state index contributed by atoms with van der Waals surface area (Å²) < 4.78 is 24.7. The van der Waals surface area contributed by atoms with Crippen molar-refractivity contribution in [1.82, 2.24) is 4.98 Å². The Morgan fingerprint density at radius 3 is 2.48 bits per heavy atom. The zero-order chi connectivity index (χ0) is 15.3. The lowest BCUT2D eigenvalue weighted by molar-refractivity contribution is -0.107. The van der Waals surface area contributed by atoms with E-state index >= 15 is 0 Å². The van der Waals surface area contributed by atoms with Crippen LogP contribution in [0, 0.1) is 0 Å². The summed E-state index contributed by atoms with van der Waals surface area (Å²) >= 11 is 0. The molecule has 1 heterocycles. The van der Waals surface area contributed by atoms with Gasteiger partial charge in [-0.05, 0) is 30.7 Å². The van der Waals surface area contributed by atoms with Crippen LogP contribution in [0.5, 0.6) is 0 Å². The van der Waals surface area contributed by atoms with E-state index < -0.39 is 10.0 Å². The first-order valence-corrected chi connectivity index (χ1v) is 8.35. The van der Waals surface area contributed by atoms with E-state index in [0.29, 0.717) is 18.5 Å². The van der Waals surface area contributed by atoms with Crippen molar-refractivity contribution in [3.8, 4) is 11.3 Å². The molecule has 1 aromatic carbocycles. The Kier molecular flexibility index (Phi) is 4.70. The number of pyridine rings is 1. The maximum atomic E-state index is 11.1. The lowest BCUT2D eigenvalue weighted by Gasteiger charge is -2.06. The van der Waals surface area contributed by atoms with E-state index in [1.165, 1.54) is 0 Å². The largest absolute Gasteiger partial charge is 0.303 e. The number of benzene rings is 1. The molecule has 21 heavy (non-hydrogen) atoms. The topological polar surface area (TPSA) is 76.1 Å². The second-order valence-electron chi connectivity index (χ2n) is 4.67. The molecule has 0 fully saturated rings. The Balaban J connectivity index is 2.20. The van der Waals surface area contributed by atoms with E-state index in [4.69, 9.17) is 0 Å². The molecule has 0 unspecified atom stereocenters. The molecule has 0 aliphatic carbocycles. The van der Waals surface area contributed by atoms with Crippen LogP contribution in [0.15, 0.2) is 42.5 Å². The molecular weight excluding hydrogens is 288 g/mol. The second kappa shape index (κ2) is 6.49. The molecule has 0 spiro atoms. The van der Waals surface area contributed by atoms with Crippen molar-refractivity contribution < 1.29 is 13.2 Å². The third kappa shape index (κ3) is 4.68. The Labute approximate surface area is 124 Å². The molecule has 6 heteroatoms. The molecule has 2 rings (SSSR count). The summed E-state index contributed by atoms with van der Waals surface area (Å²) in [6.07, 6.45) is 3.05. The monoisotopic (exact) mass is 304 g/mol. The molecule has 1 N–H and O–H groups in total. The smallest absolute Gasteiger partial charge is 0.229 e. The predicted octanol–water partition coefficient (Wildman–Crippen LogP) is 2.25. The number of sulfonamides is 1. The van der Waals surface area contributed by atoms with Crippen LogP contribution in [0.1, 0.15) is 12.1 Å². The Morgan fingerprint density at radius 2 is 1.86 bits per heavy atom. The van der Waals surface area contributed by atoms with Crippen LogP contribution in [-0.4, -0.2) is 25.9 Å². The lowest BCUT2D eigenvalue weighted by atomic mass is 10.1. The van der Waals surface area contributed by atoms with Gasteiger partial charge in [0.2, 0.25) is 10.0 Å². The van der Waals surface area contributed by atoms with Crippen LogP contribution in [0.2, 0.25) is 0 Å². The number of aromatic nitrogens is 1. The highest BCUT2D eigenvalue weighted by atomic mass is 32.2. The van der Waals surface area contributed by atoms with Gasteiger partial charge in [-0.2, -0.15) is 0 Å². The van der Waals surface area contributed by atoms with Crippen molar-refractivity contribution in [3.05, 3.63) is 48.2 Å². The van der Waals surface area contributed by atoms with E-state index in [1.807, 2.05) is 18.2 Å². The number of carbonyl (C=O) groups is 1. The number of anilines is 1. The third-order valence-electron chi connectivity index (χ3n) is 2.81. The average Bonchev–Trinajstić information content (AvgIpc) is 2.44. The fourth-order valence-corrected chi connectivity index (χ4v) is 2.47. The summed E-state index contributed by atoms with van der Waals surface area (Å²) in [5.74, 6) is 0. The Hall–Kier alpha value is -2.21. The number of rotatable bonds is 6. The Bertz CT molecular complexity index is 725. The first-order valence-electron chi connectivity index (χ1n) is 6.46. The summed E-state index contributed by atoms with van der Waals surface area (Å²) in [5.41, 5.74) is 3.06. The molecule has 110 valence electrons. The van der Waals surface area contributed by atoms with Crippen molar-refractivity contribution in [1.29, 1.82) is 0 Å². The van der Waals surface area contributed by atoms with Gasteiger partial charge in [-0.3, -0.25) is 9.71 Å². The molecule has 2 aromatic rings. The zero-order valence-electron chi connectivity index (χ0n) is 11.6. The first-order chi connectivity index (χ1) is 9.98. The van der Waals surface area contributed by atoms with Crippen molar-refractivity contribution in [2.24, 2.45) is 0 Å². The minimum atomic E-state index is -3.27. The van der Waals surface area contributed by atoms with Gasteiger partial charge in [-0.15, -0.1) is 0 Å². The van der Waals surface area contributed by atoms with E-state index in [2.05, 4.69) is 9.71 Å². The number of hydrogen-bond acceptors (Lipinski definition) is 4. The number of carbonyl (C=O) groups excluding carboxylic acids is 1. The van der Waals surface area contributed by atoms with Gasteiger partial charge in [-0.1, -0.05) is 18.2 Å². The summed E-state index contributed by atoms with van der Waals surface area (Å²) in [5, 5.41) is 0. The maximum absolute atomic E-state index is 11.1. The number of nitrogens with one attached hydrogen (secondary N) is 1. The zero-order valence-corrected chi connectivity index (χ0v) is 12.4. The number of aldehydes is 1. The van der Waals surface area contributed by atoms with Crippen LogP contribution in [0.4, 0.5) is 5.69 Å². The van der Waals surface area contributed by atoms with E-state index in [1.54, 1.807) is 24.3 Å².